The summed E-state index contributed by atoms with van der Waals surface area (Å²) in [6.07, 6.45) is 5.71. The van der Waals surface area contributed by atoms with Gasteiger partial charge in [0, 0.05) is 18.0 Å². The molecule has 1 fully saturated rings. The number of rotatable bonds is 1. The number of fused-ring (bicyclic) bond motifs is 1. The fourth-order valence-corrected chi connectivity index (χ4v) is 3.60. The summed E-state index contributed by atoms with van der Waals surface area (Å²) in [4.78, 5) is 30.7. The standard InChI is InChI=1S/C13H18N4O2S/c18-11-8-17(7-6-14-11)13(19)16-12-15-9-4-2-1-3-5-10(9)20-12/h1-8H2,(H,14,18)(H,15,16,19). The fourth-order valence-electron chi connectivity index (χ4n) is 2.56. The van der Waals surface area contributed by atoms with E-state index in [1.807, 2.05) is 0 Å². The number of hydrogen-bond donors (Lipinski definition) is 2. The molecule has 20 heavy (non-hydrogen) atoms. The lowest BCUT2D eigenvalue weighted by Crippen LogP contribution is -2.51. The van der Waals surface area contributed by atoms with Gasteiger partial charge in [-0.3, -0.25) is 10.1 Å². The molecule has 0 unspecified atom stereocenters. The average molecular weight is 294 g/mol. The first kappa shape index (κ1) is 13.4. The molecule has 108 valence electrons. The van der Waals surface area contributed by atoms with E-state index in [9.17, 15) is 9.59 Å². The van der Waals surface area contributed by atoms with E-state index >= 15 is 0 Å². The zero-order chi connectivity index (χ0) is 13.9. The first-order valence-electron chi connectivity index (χ1n) is 7.03. The van der Waals surface area contributed by atoms with Crippen LogP contribution in [0.15, 0.2) is 0 Å². The minimum atomic E-state index is -0.233. The second-order valence-corrected chi connectivity index (χ2v) is 6.23. The molecule has 2 N–H and O–H groups in total. The molecule has 1 aliphatic heterocycles. The fraction of sp³-hybridized carbons (Fsp3) is 0.615. The molecule has 3 amide bonds. The van der Waals surface area contributed by atoms with Gasteiger partial charge in [0.05, 0.1) is 5.69 Å². The molecule has 0 aromatic carbocycles. The van der Waals surface area contributed by atoms with E-state index in [-0.39, 0.29) is 18.5 Å². The molecule has 1 aromatic rings. The molecule has 3 rings (SSSR count). The number of amides is 3. The van der Waals surface area contributed by atoms with Gasteiger partial charge in [-0.2, -0.15) is 0 Å². The van der Waals surface area contributed by atoms with E-state index in [4.69, 9.17) is 0 Å². The highest BCUT2D eigenvalue weighted by atomic mass is 32.1. The summed E-state index contributed by atoms with van der Waals surface area (Å²) < 4.78 is 0. The van der Waals surface area contributed by atoms with Gasteiger partial charge in [-0.25, -0.2) is 9.78 Å². The first-order chi connectivity index (χ1) is 9.72. The highest BCUT2D eigenvalue weighted by Crippen LogP contribution is 2.29. The van der Waals surface area contributed by atoms with Gasteiger partial charge in [-0.05, 0) is 25.7 Å². The van der Waals surface area contributed by atoms with E-state index in [0.29, 0.717) is 18.2 Å². The molecule has 1 aromatic heterocycles. The van der Waals surface area contributed by atoms with Gasteiger partial charge in [0.15, 0.2) is 5.13 Å². The zero-order valence-electron chi connectivity index (χ0n) is 11.3. The van der Waals surface area contributed by atoms with E-state index < -0.39 is 0 Å². The second kappa shape index (κ2) is 5.78. The number of urea groups is 1. The van der Waals surface area contributed by atoms with Crippen molar-refractivity contribution in [3.8, 4) is 0 Å². The largest absolute Gasteiger partial charge is 0.353 e. The van der Waals surface area contributed by atoms with Crippen LogP contribution < -0.4 is 10.6 Å². The van der Waals surface area contributed by atoms with Crippen LogP contribution in [0, 0.1) is 0 Å². The number of anilines is 1. The van der Waals surface area contributed by atoms with Gasteiger partial charge in [0.1, 0.15) is 6.54 Å². The summed E-state index contributed by atoms with van der Waals surface area (Å²) in [6, 6.07) is -0.233. The Morgan fingerprint density at radius 1 is 1.30 bits per heavy atom. The summed E-state index contributed by atoms with van der Waals surface area (Å²) in [7, 11) is 0. The third-order valence-corrected chi connectivity index (χ3v) is 4.71. The number of carbonyl (C=O) groups is 2. The van der Waals surface area contributed by atoms with Crippen LogP contribution in [0.5, 0.6) is 0 Å². The molecule has 2 aliphatic rings. The SMILES string of the molecule is O=C1CN(C(=O)Nc2nc3c(s2)CCCCC3)CCN1. The van der Waals surface area contributed by atoms with Crippen molar-refractivity contribution in [2.24, 2.45) is 0 Å². The molecule has 6 nitrogen and oxygen atoms in total. The van der Waals surface area contributed by atoms with Gasteiger partial charge in [0.25, 0.3) is 0 Å². The van der Waals surface area contributed by atoms with Crippen LogP contribution in [0.1, 0.15) is 29.8 Å². The number of piperazine rings is 1. The molecule has 1 aliphatic carbocycles. The molecule has 0 spiro atoms. The highest BCUT2D eigenvalue weighted by Gasteiger charge is 2.22. The lowest BCUT2D eigenvalue weighted by molar-refractivity contribution is -0.123. The smallest absolute Gasteiger partial charge is 0.324 e. The van der Waals surface area contributed by atoms with Crippen LogP contribution in [0.25, 0.3) is 0 Å². The van der Waals surface area contributed by atoms with Gasteiger partial charge in [-0.1, -0.05) is 6.42 Å². The molecular formula is C13H18N4O2S. The van der Waals surface area contributed by atoms with E-state index in [1.54, 1.807) is 11.3 Å². The first-order valence-corrected chi connectivity index (χ1v) is 7.85. The minimum Gasteiger partial charge on any atom is -0.353 e. The number of hydrogen-bond acceptors (Lipinski definition) is 4. The Balaban J connectivity index is 1.65. The summed E-state index contributed by atoms with van der Waals surface area (Å²) in [5.74, 6) is -0.110. The molecule has 0 radical (unpaired) electrons. The molecule has 0 bridgehead atoms. The molecule has 7 heteroatoms. The van der Waals surface area contributed by atoms with Crippen LogP contribution in [0.2, 0.25) is 0 Å². The molecular weight excluding hydrogens is 276 g/mol. The topological polar surface area (TPSA) is 74.3 Å². The van der Waals surface area contributed by atoms with E-state index in [0.717, 1.165) is 18.5 Å². The maximum absolute atomic E-state index is 12.1. The number of carbonyl (C=O) groups excluding carboxylic acids is 2. The van der Waals surface area contributed by atoms with Crippen LogP contribution >= 0.6 is 11.3 Å². The van der Waals surface area contributed by atoms with Gasteiger partial charge in [-0.15, -0.1) is 11.3 Å². The maximum Gasteiger partial charge on any atom is 0.324 e. The summed E-state index contributed by atoms with van der Waals surface area (Å²) in [6.45, 7) is 1.18. The Kier molecular flexibility index (Phi) is 3.86. The number of aryl methyl sites for hydroxylation is 2. The lowest BCUT2D eigenvalue weighted by Gasteiger charge is -2.26. The number of thiazole rings is 1. The lowest BCUT2D eigenvalue weighted by atomic mass is 10.2. The quantitative estimate of drug-likeness (QED) is 0.768. The zero-order valence-corrected chi connectivity index (χ0v) is 12.1. The average Bonchev–Trinajstić information content (AvgIpc) is 2.68. The number of nitrogens with zero attached hydrogens (tertiary/aromatic N) is 2. The van der Waals surface area contributed by atoms with Crippen molar-refractivity contribution in [1.29, 1.82) is 0 Å². The van der Waals surface area contributed by atoms with Crippen molar-refractivity contribution in [2.45, 2.75) is 32.1 Å². The molecule has 0 saturated carbocycles. The van der Waals surface area contributed by atoms with Gasteiger partial charge < -0.3 is 10.2 Å². The van der Waals surface area contributed by atoms with Gasteiger partial charge in [0.2, 0.25) is 5.91 Å². The van der Waals surface area contributed by atoms with Crippen molar-refractivity contribution in [3.05, 3.63) is 10.6 Å². The summed E-state index contributed by atoms with van der Waals surface area (Å²) >= 11 is 1.57. The predicted octanol–water partition coefficient (Wildman–Crippen LogP) is 1.38. The third-order valence-electron chi connectivity index (χ3n) is 3.64. The highest BCUT2D eigenvalue weighted by molar-refractivity contribution is 7.15. The van der Waals surface area contributed by atoms with Crippen LogP contribution in [-0.4, -0.2) is 41.5 Å². The number of aromatic nitrogens is 1. The van der Waals surface area contributed by atoms with Crippen LogP contribution in [0.3, 0.4) is 0 Å². The predicted molar refractivity (Wildman–Crippen MR) is 77.0 cm³/mol. The Hall–Kier alpha value is -1.63. The third kappa shape index (κ3) is 2.92. The van der Waals surface area contributed by atoms with E-state index in [1.165, 1.54) is 29.0 Å². The van der Waals surface area contributed by atoms with Crippen LogP contribution in [-0.2, 0) is 17.6 Å². The van der Waals surface area contributed by atoms with Crippen molar-refractivity contribution in [3.63, 3.8) is 0 Å². The van der Waals surface area contributed by atoms with Crippen molar-refractivity contribution in [2.75, 3.05) is 25.0 Å². The minimum absolute atomic E-state index is 0.110. The van der Waals surface area contributed by atoms with Crippen molar-refractivity contribution in [1.82, 2.24) is 15.2 Å². The monoisotopic (exact) mass is 294 g/mol. The van der Waals surface area contributed by atoms with Crippen molar-refractivity contribution < 1.29 is 9.59 Å². The summed E-state index contributed by atoms with van der Waals surface area (Å²) in [5.41, 5.74) is 1.14. The van der Waals surface area contributed by atoms with E-state index in [2.05, 4.69) is 15.6 Å². The second-order valence-electron chi connectivity index (χ2n) is 5.15. The Morgan fingerprint density at radius 2 is 2.15 bits per heavy atom. The van der Waals surface area contributed by atoms with Crippen LogP contribution in [0.4, 0.5) is 9.93 Å². The molecule has 0 atom stereocenters. The Bertz CT molecular complexity index is 505. The Labute approximate surface area is 121 Å². The Morgan fingerprint density at radius 3 is 3.00 bits per heavy atom. The number of nitrogens with one attached hydrogen (secondary N) is 2. The maximum atomic E-state index is 12.1. The van der Waals surface area contributed by atoms with Gasteiger partial charge >= 0.3 is 6.03 Å². The molecule has 2 heterocycles. The summed E-state index contributed by atoms with van der Waals surface area (Å²) in [5, 5.41) is 6.19. The van der Waals surface area contributed by atoms with Crippen molar-refractivity contribution >= 4 is 28.4 Å². The molecule has 1 saturated heterocycles. The normalized spacial score (nSPS) is 19.0.